The van der Waals surface area contributed by atoms with Crippen molar-refractivity contribution in [2.75, 3.05) is 20.8 Å². The van der Waals surface area contributed by atoms with Crippen molar-refractivity contribution >= 4 is 28.2 Å². The lowest BCUT2D eigenvalue weighted by atomic mass is 10.1. The lowest BCUT2D eigenvalue weighted by molar-refractivity contribution is -0.380. The molecule has 138 valence electrons. The molecule has 2 rings (SSSR count). The van der Waals surface area contributed by atoms with Gasteiger partial charge in [0.15, 0.2) is 0 Å². The number of benzene rings is 1. The van der Waals surface area contributed by atoms with Crippen molar-refractivity contribution in [1.82, 2.24) is 4.90 Å². The third-order valence-corrected chi connectivity index (χ3v) is 4.41. The van der Waals surface area contributed by atoms with E-state index < -0.39 is 23.3 Å². The molecule has 0 aliphatic rings. The lowest BCUT2D eigenvalue weighted by Gasteiger charge is -2.20. The molecule has 0 spiro atoms. The monoisotopic (exact) mass is 380 g/mol. The first kappa shape index (κ1) is 19.2. The van der Waals surface area contributed by atoms with Crippen molar-refractivity contribution in [3.05, 3.63) is 50.9 Å². The quantitative estimate of drug-likeness (QED) is 0.551. The van der Waals surface area contributed by atoms with Gasteiger partial charge in [0.05, 0.1) is 24.0 Å². The number of thiophene rings is 1. The SMILES string of the molecule is COc1cc(CN(CC(=O)O)C(=O)c2ccc([N+](=O)[O-])s2)cc(OC)c1. The highest BCUT2D eigenvalue weighted by atomic mass is 32.1. The number of nitrogens with zero attached hydrogens (tertiary/aromatic N) is 2. The predicted molar refractivity (Wildman–Crippen MR) is 92.9 cm³/mol. The number of hydrogen-bond acceptors (Lipinski definition) is 7. The smallest absolute Gasteiger partial charge is 0.324 e. The maximum atomic E-state index is 12.6. The summed E-state index contributed by atoms with van der Waals surface area (Å²) in [6, 6.07) is 7.48. The number of aliphatic carboxylic acids is 1. The Morgan fingerprint density at radius 1 is 1.19 bits per heavy atom. The normalized spacial score (nSPS) is 10.2. The van der Waals surface area contributed by atoms with Crippen molar-refractivity contribution in [3.8, 4) is 11.5 Å². The van der Waals surface area contributed by atoms with E-state index in [1.165, 1.54) is 26.4 Å². The largest absolute Gasteiger partial charge is 0.497 e. The van der Waals surface area contributed by atoms with Crippen LogP contribution in [0.4, 0.5) is 5.00 Å². The van der Waals surface area contributed by atoms with Gasteiger partial charge in [-0.05, 0) is 23.8 Å². The number of hydrogen-bond donors (Lipinski definition) is 1. The molecule has 0 bridgehead atoms. The summed E-state index contributed by atoms with van der Waals surface area (Å²) < 4.78 is 10.3. The van der Waals surface area contributed by atoms with Crippen LogP contribution in [0.3, 0.4) is 0 Å². The average Bonchev–Trinajstić information content (AvgIpc) is 3.10. The van der Waals surface area contributed by atoms with Crippen LogP contribution in [0.5, 0.6) is 11.5 Å². The highest BCUT2D eigenvalue weighted by molar-refractivity contribution is 7.17. The zero-order valence-electron chi connectivity index (χ0n) is 14.0. The minimum absolute atomic E-state index is 0.0234. The van der Waals surface area contributed by atoms with E-state index in [1.807, 2.05) is 0 Å². The second-order valence-electron chi connectivity index (χ2n) is 5.17. The summed E-state index contributed by atoms with van der Waals surface area (Å²) in [5.74, 6) is -0.811. The van der Waals surface area contributed by atoms with Gasteiger partial charge in [0, 0.05) is 18.7 Å². The fourth-order valence-electron chi connectivity index (χ4n) is 2.24. The maximum Gasteiger partial charge on any atom is 0.324 e. The topological polar surface area (TPSA) is 119 Å². The van der Waals surface area contributed by atoms with Crippen LogP contribution in [-0.4, -0.2) is 47.6 Å². The van der Waals surface area contributed by atoms with E-state index in [0.717, 1.165) is 4.90 Å². The van der Waals surface area contributed by atoms with Crippen LogP contribution in [0.2, 0.25) is 0 Å². The Kier molecular flexibility index (Phi) is 6.12. The summed E-state index contributed by atoms with van der Waals surface area (Å²) in [4.78, 5) is 35.1. The number of carboxylic acids is 1. The Morgan fingerprint density at radius 2 is 1.81 bits per heavy atom. The van der Waals surface area contributed by atoms with Gasteiger partial charge >= 0.3 is 11.0 Å². The molecule has 0 atom stereocenters. The zero-order valence-corrected chi connectivity index (χ0v) is 14.8. The first-order valence-corrected chi connectivity index (χ1v) is 8.13. The molecule has 1 N–H and O–H groups in total. The summed E-state index contributed by atoms with van der Waals surface area (Å²) in [6.07, 6.45) is 0. The summed E-state index contributed by atoms with van der Waals surface area (Å²) in [5, 5.41) is 19.7. The number of nitro groups is 1. The van der Waals surface area contributed by atoms with E-state index in [-0.39, 0.29) is 16.4 Å². The molecule has 2 aromatic rings. The van der Waals surface area contributed by atoms with E-state index >= 15 is 0 Å². The minimum Gasteiger partial charge on any atom is -0.497 e. The van der Waals surface area contributed by atoms with Crippen LogP contribution in [0, 0.1) is 10.1 Å². The Balaban J connectivity index is 2.30. The molecule has 1 amide bonds. The number of methoxy groups -OCH3 is 2. The first-order valence-electron chi connectivity index (χ1n) is 7.31. The van der Waals surface area contributed by atoms with Gasteiger partial charge in [-0.3, -0.25) is 19.7 Å². The van der Waals surface area contributed by atoms with E-state index in [4.69, 9.17) is 14.6 Å². The molecule has 9 nitrogen and oxygen atoms in total. The number of amides is 1. The Bertz CT molecular complexity index is 812. The number of rotatable bonds is 8. The molecule has 0 fully saturated rings. The molecular weight excluding hydrogens is 364 g/mol. The van der Waals surface area contributed by atoms with E-state index in [9.17, 15) is 19.7 Å². The third kappa shape index (κ3) is 4.70. The summed E-state index contributed by atoms with van der Waals surface area (Å²) >= 11 is 0.698. The molecule has 0 saturated heterocycles. The number of carboxylic acid groups (broad SMARTS) is 1. The number of carbonyl (C=O) groups is 2. The van der Waals surface area contributed by atoms with Crippen molar-refractivity contribution in [2.45, 2.75) is 6.54 Å². The fourth-order valence-corrected chi connectivity index (χ4v) is 3.03. The summed E-state index contributed by atoms with van der Waals surface area (Å²) in [6.45, 7) is -0.575. The van der Waals surface area contributed by atoms with Crippen LogP contribution in [0.1, 0.15) is 15.2 Å². The van der Waals surface area contributed by atoms with Crippen LogP contribution in [0.15, 0.2) is 30.3 Å². The third-order valence-electron chi connectivity index (χ3n) is 3.38. The second-order valence-corrected chi connectivity index (χ2v) is 6.23. The first-order chi connectivity index (χ1) is 12.3. The molecule has 1 aromatic heterocycles. The predicted octanol–water partition coefficient (Wildman–Crippen LogP) is 2.40. The molecule has 0 saturated carbocycles. The zero-order chi connectivity index (χ0) is 19.3. The fraction of sp³-hybridized carbons (Fsp3) is 0.250. The van der Waals surface area contributed by atoms with Gasteiger partial charge in [0.2, 0.25) is 0 Å². The molecule has 1 heterocycles. The van der Waals surface area contributed by atoms with Crippen molar-refractivity contribution in [3.63, 3.8) is 0 Å². The molecule has 26 heavy (non-hydrogen) atoms. The van der Waals surface area contributed by atoms with Gasteiger partial charge in [0.1, 0.15) is 18.0 Å². The van der Waals surface area contributed by atoms with Crippen LogP contribution in [-0.2, 0) is 11.3 Å². The standard InChI is InChI=1S/C16H16N2O7S/c1-24-11-5-10(6-12(7-11)25-2)8-17(9-15(19)20)16(21)13-3-4-14(26-13)18(22)23/h3-7H,8-9H2,1-2H3,(H,19,20). The summed E-state index contributed by atoms with van der Waals surface area (Å²) in [5.41, 5.74) is 0.599. The summed E-state index contributed by atoms with van der Waals surface area (Å²) in [7, 11) is 2.95. The van der Waals surface area contributed by atoms with Gasteiger partial charge in [-0.15, -0.1) is 0 Å². The van der Waals surface area contributed by atoms with Gasteiger partial charge < -0.3 is 19.5 Å². The van der Waals surface area contributed by atoms with Crippen LogP contribution in [0.25, 0.3) is 0 Å². The van der Waals surface area contributed by atoms with Crippen LogP contribution < -0.4 is 9.47 Å². The molecule has 0 radical (unpaired) electrons. The molecule has 0 aliphatic heterocycles. The minimum atomic E-state index is -1.20. The Morgan fingerprint density at radius 3 is 2.27 bits per heavy atom. The van der Waals surface area contributed by atoms with Crippen molar-refractivity contribution in [2.24, 2.45) is 0 Å². The number of ether oxygens (including phenoxy) is 2. The Labute approximate surface area is 152 Å². The van der Waals surface area contributed by atoms with Gasteiger partial charge in [-0.2, -0.15) is 0 Å². The highest BCUT2D eigenvalue weighted by Crippen LogP contribution is 2.27. The molecule has 10 heteroatoms. The second kappa shape index (κ2) is 8.30. The van der Waals surface area contributed by atoms with Crippen molar-refractivity contribution < 1.29 is 29.1 Å². The Hall–Kier alpha value is -3.14. The van der Waals surface area contributed by atoms with E-state index in [2.05, 4.69) is 0 Å². The maximum absolute atomic E-state index is 12.6. The van der Waals surface area contributed by atoms with E-state index in [1.54, 1.807) is 18.2 Å². The van der Waals surface area contributed by atoms with Gasteiger partial charge in [0.25, 0.3) is 5.91 Å². The van der Waals surface area contributed by atoms with Gasteiger partial charge in [-0.1, -0.05) is 11.3 Å². The highest BCUT2D eigenvalue weighted by Gasteiger charge is 2.23. The molecule has 1 aromatic carbocycles. The van der Waals surface area contributed by atoms with Gasteiger partial charge in [-0.25, -0.2) is 0 Å². The lowest BCUT2D eigenvalue weighted by Crippen LogP contribution is -2.34. The number of carbonyl (C=O) groups excluding carboxylic acids is 1. The molecular formula is C16H16N2O7S. The van der Waals surface area contributed by atoms with E-state index in [0.29, 0.717) is 28.4 Å². The van der Waals surface area contributed by atoms with Crippen molar-refractivity contribution in [1.29, 1.82) is 0 Å². The molecule has 0 unspecified atom stereocenters. The van der Waals surface area contributed by atoms with Crippen LogP contribution >= 0.6 is 11.3 Å². The molecule has 0 aliphatic carbocycles. The average molecular weight is 380 g/mol.